The number of hydrogen-bond donors (Lipinski definition) is 0. The van der Waals surface area contributed by atoms with Crippen molar-refractivity contribution in [2.24, 2.45) is 0 Å². The predicted octanol–water partition coefficient (Wildman–Crippen LogP) is 30.5. The molecule has 0 aliphatic heterocycles. The first-order valence-corrected chi connectivity index (χ1v) is 40.6. The molecule has 0 unspecified atom stereocenters. The topological polar surface area (TPSA) is 19.7 Å². The van der Waals surface area contributed by atoms with Crippen molar-refractivity contribution in [1.29, 1.82) is 0 Å². The van der Waals surface area contributed by atoms with Gasteiger partial charge in [0.15, 0.2) is 0 Å². The number of para-hydroxylation sites is 4. The molecular formula is C108H68N4S2. The Balaban J connectivity index is 0.000000135. The molecule has 0 aliphatic carbocycles. The maximum atomic E-state index is 2.41. The van der Waals surface area contributed by atoms with Gasteiger partial charge in [-0.25, -0.2) is 0 Å². The molecule has 6 heterocycles. The van der Waals surface area contributed by atoms with Crippen LogP contribution >= 0.6 is 22.7 Å². The molecule has 114 heavy (non-hydrogen) atoms. The highest BCUT2D eigenvalue weighted by Crippen LogP contribution is 2.45. The molecule has 0 saturated heterocycles. The molecule has 0 amide bonds. The summed E-state index contributed by atoms with van der Waals surface area (Å²) in [5.74, 6) is 0. The number of thiophene rings is 2. The van der Waals surface area contributed by atoms with Gasteiger partial charge in [-0.3, -0.25) is 0 Å². The predicted molar refractivity (Wildman–Crippen MR) is 489 cm³/mol. The van der Waals surface area contributed by atoms with E-state index in [1.165, 1.54) is 194 Å². The second kappa shape index (κ2) is 26.7. The van der Waals surface area contributed by atoms with Crippen LogP contribution in [-0.4, -0.2) is 18.3 Å². The Labute approximate surface area is 665 Å². The summed E-state index contributed by atoms with van der Waals surface area (Å²) in [6.45, 7) is 0. The number of nitrogens with zero attached hydrogens (tertiary/aromatic N) is 4. The second-order valence-corrected chi connectivity index (χ2v) is 32.0. The van der Waals surface area contributed by atoms with Crippen molar-refractivity contribution >= 4 is 150 Å². The molecule has 0 aliphatic rings. The molecule has 6 aromatic heterocycles. The van der Waals surface area contributed by atoms with E-state index in [0.29, 0.717) is 0 Å². The third-order valence-corrected chi connectivity index (χ3v) is 25.9. The Hall–Kier alpha value is -14.4. The molecule has 532 valence electrons. The van der Waals surface area contributed by atoms with Crippen LogP contribution in [0.2, 0.25) is 0 Å². The lowest BCUT2D eigenvalue weighted by Gasteiger charge is -2.11. The lowest BCUT2D eigenvalue weighted by molar-refractivity contribution is 1.18. The maximum Gasteiger partial charge on any atom is 0.0541 e. The van der Waals surface area contributed by atoms with Gasteiger partial charge in [0.1, 0.15) is 0 Å². The second-order valence-electron chi connectivity index (χ2n) is 29.8. The Morgan fingerprint density at radius 1 is 0.140 bits per heavy atom. The van der Waals surface area contributed by atoms with Gasteiger partial charge in [0.05, 0.1) is 44.1 Å². The van der Waals surface area contributed by atoms with E-state index in [1.54, 1.807) is 0 Å². The molecule has 4 nitrogen and oxygen atoms in total. The largest absolute Gasteiger partial charge is 0.309 e. The Bertz CT molecular complexity index is 7920. The average Bonchev–Trinajstić information content (AvgIpc) is 1.62. The fraction of sp³-hybridized carbons (Fsp3) is 0. The van der Waals surface area contributed by atoms with E-state index >= 15 is 0 Å². The van der Waals surface area contributed by atoms with Crippen LogP contribution in [0.4, 0.5) is 0 Å². The standard InChI is InChI=1S/2C54H34N2S/c1-2-11-35(12-3-1)36-21-27-40(28-22-36)55-49-18-7-4-13-43(49)47-33-38(25-31-51(47)55)39-26-32-52-48(34-39)44-14-5-8-19-50(44)56(52)41-29-23-37(24-30-41)42-16-10-17-46-45-15-6-9-20-53(45)57-54(42)46;1-2-10-35(11-3-1)36-18-25-41(26-19-36)55-49-15-7-4-12-43(49)46-32-39(22-29-51(46)55)40-23-30-52-47(33-40)44-13-5-8-16-50(44)56(52)42-27-20-37(21-28-42)38-24-31-54-48(34-38)45-14-6-9-17-53(45)57-54/h2*1-34H. The average molecular weight is 1490 g/mol. The SMILES string of the molecule is c1ccc(-c2ccc(-n3c4ccccc4c4cc(-c5ccc6c(c5)c5ccccc5n6-c5ccc(-c6ccc7sc8ccccc8c7c6)cc5)ccc43)cc2)cc1.c1ccc(-c2ccc(-n3c4ccccc4c4cc(-c5ccc6c(c5)c5ccccc5n6-c5ccc(-c6cccc7c6sc6ccccc67)cc5)ccc43)cc2)cc1. The van der Waals surface area contributed by atoms with Crippen LogP contribution in [0.25, 0.3) is 217 Å². The monoisotopic (exact) mass is 1480 g/mol. The van der Waals surface area contributed by atoms with Crippen LogP contribution in [0.1, 0.15) is 0 Å². The van der Waals surface area contributed by atoms with E-state index in [1.807, 2.05) is 22.7 Å². The van der Waals surface area contributed by atoms with Gasteiger partial charge in [0.2, 0.25) is 0 Å². The molecule has 0 bridgehead atoms. The highest BCUT2D eigenvalue weighted by Gasteiger charge is 2.21. The van der Waals surface area contributed by atoms with Crippen molar-refractivity contribution in [2.45, 2.75) is 0 Å². The molecule has 18 aromatic carbocycles. The molecule has 0 saturated carbocycles. The van der Waals surface area contributed by atoms with Crippen LogP contribution in [0, 0.1) is 0 Å². The van der Waals surface area contributed by atoms with Crippen molar-refractivity contribution in [2.75, 3.05) is 0 Å². The van der Waals surface area contributed by atoms with Gasteiger partial charge < -0.3 is 18.3 Å². The number of fused-ring (bicyclic) bond motifs is 18. The Kier molecular flexibility index (Phi) is 15.3. The zero-order valence-electron chi connectivity index (χ0n) is 61.9. The smallest absolute Gasteiger partial charge is 0.0541 e. The van der Waals surface area contributed by atoms with E-state index in [4.69, 9.17) is 0 Å². The van der Waals surface area contributed by atoms with Gasteiger partial charge in [-0.1, -0.05) is 267 Å². The molecule has 6 heteroatoms. The summed E-state index contributed by atoms with van der Waals surface area (Å²) >= 11 is 3.75. The molecule has 0 atom stereocenters. The van der Waals surface area contributed by atoms with Crippen molar-refractivity contribution in [1.82, 2.24) is 18.3 Å². The number of benzene rings is 18. The quantitative estimate of drug-likeness (QED) is 0.130. The minimum absolute atomic E-state index is 1.16. The van der Waals surface area contributed by atoms with Crippen molar-refractivity contribution < 1.29 is 0 Å². The Morgan fingerprint density at radius 2 is 0.395 bits per heavy atom. The summed E-state index contributed by atoms with van der Waals surface area (Å²) in [5.41, 5.74) is 29.0. The highest BCUT2D eigenvalue weighted by atomic mass is 32.1. The van der Waals surface area contributed by atoms with Crippen LogP contribution < -0.4 is 0 Å². The first-order valence-electron chi connectivity index (χ1n) is 39.0. The van der Waals surface area contributed by atoms with Crippen LogP contribution in [0.5, 0.6) is 0 Å². The van der Waals surface area contributed by atoms with Crippen molar-refractivity contribution in [3.8, 4) is 89.5 Å². The first kappa shape index (κ1) is 65.5. The normalized spacial score (nSPS) is 11.9. The van der Waals surface area contributed by atoms with E-state index in [9.17, 15) is 0 Å². The minimum atomic E-state index is 1.16. The van der Waals surface area contributed by atoms with Gasteiger partial charge in [0.25, 0.3) is 0 Å². The molecular weight excluding hydrogens is 1420 g/mol. The van der Waals surface area contributed by atoms with Crippen molar-refractivity contribution in [3.05, 3.63) is 413 Å². The summed E-state index contributed by atoms with van der Waals surface area (Å²) in [6.07, 6.45) is 0. The van der Waals surface area contributed by atoms with Gasteiger partial charge >= 0.3 is 0 Å². The van der Waals surface area contributed by atoms with Crippen LogP contribution in [0.15, 0.2) is 413 Å². The fourth-order valence-electron chi connectivity index (χ4n) is 18.1. The molecule has 24 aromatic rings. The van der Waals surface area contributed by atoms with Crippen molar-refractivity contribution in [3.63, 3.8) is 0 Å². The van der Waals surface area contributed by atoms with E-state index in [-0.39, 0.29) is 0 Å². The van der Waals surface area contributed by atoms with Gasteiger partial charge in [-0.2, -0.15) is 0 Å². The number of rotatable bonds is 10. The summed E-state index contributed by atoms with van der Waals surface area (Å²) < 4.78 is 15.0. The lowest BCUT2D eigenvalue weighted by Crippen LogP contribution is -1.94. The third kappa shape index (κ3) is 10.8. The summed E-state index contributed by atoms with van der Waals surface area (Å²) in [4.78, 5) is 0. The number of hydrogen-bond acceptors (Lipinski definition) is 2. The minimum Gasteiger partial charge on any atom is -0.309 e. The van der Waals surface area contributed by atoms with Gasteiger partial charge in [0, 0.05) is 106 Å². The van der Waals surface area contributed by atoms with Crippen LogP contribution in [0.3, 0.4) is 0 Å². The molecule has 0 N–H and O–H groups in total. The number of aromatic nitrogens is 4. The fourth-order valence-corrected chi connectivity index (χ4v) is 20.4. The lowest BCUT2D eigenvalue weighted by atomic mass is 10.0. The summed E-state index contributed by atoms with van der Waals surface area (Å²) in [6, 6.07) is 151. The zero-order valence-corrected chi connectivity index (χ0v) is 63.5. The van der Waals surface area contributed by atoms with E-state index in [0.717, 1.165) is 22.7 Å². The third-order valence-electron chi connectivity index (χ3n) is 23.5. The maximum absolute atomic E-state index is 2.41. The van der Waals surface area contributed by atoms with Crippen LogP contribution in [-0.2, 0) is 0 Å². The summed E-state index contributed by atoms with van der Waals surface area (Å²) in [5, 5.41) is 15.4. The molecule has 0 fully saturated rings. The summed E-state index contributed by atoms with van der Waals surface area (Å²) in [7, 11) is 0. The van der Waals surface area contributed by atoms with Gasteiger partial charge in [-0.05, 0) is 212 Å². The molecule has 0 spiro atoms. The highest BCUT2D eigenvalue weighted by molar-refractivity contribution is 7.26. The van der Waals surface area contributed by atoms with E-state index in [2.05, 4.69) is 431 Å². The van der Waals surface area contributed by atoms with E-state index < -0.39 is 0 Å². The Morgan fingerprint density at radius 3 is 0.789 bits per heavy atom. The zero-order chi connectivity index (χ0) is 74.9. The van der Waals surface area contributed by atoms with Gasteiger partial charge in [-0.15, -0.1) is 22.7 Å². The first-order chi connectivity index (χ1) is 56.5. The molecule has 24 rings (SSSR count). The molecule has 0 radical (unpaired) electrons.